The second-order valence-corrected chi connectivity index (χ2v) is 8.81. The Morgan fingerprint density at radius 3 is 2.19 bits per heavy atom. The van der Waals surface area contributed by atoms with E-state index in [1.165, 1.54) is 13.4 Å². The second-order valence-electron chi connectivity index (χ2n) is 8.81. The molecule has 182 valence electrons. The largest absolute Gasteiger partial charge is 0.468 e. The summed E-state index contributed by atoms with van der Waals surface area (Å²) in [7, 11) is 1.43. The molecule has 1 aliphatic carbocycles. The van der Waals surface area contributed by atoms with Crippen molar-refractivity contribution >= 4 is 18.0 Å². The number of amides is 1. The van der Waals surface area contributed by atoms with Gasteiger partial charge in [-0.05, 0) is 54.2 Å². The third-order valence-electron chi connectivity index (χ3n) is 6.56. The number of carbonyl (C=O) groups is 2. The maximum absolute atomic E-state index is 12.4. The van der Waals surface area contributed by atoms with Crippen LogP contribution in [0.5, 0.6) is 0 Å². The van der Waals surface area contributed by atoms with E-state index in [4.69, 9.17) is 9.47 Å². The topological polar surface area (TPSA) is 95.3 Å². The summed E-state index contributed by atoms with van der Waals surface area (Å²) in [6.45, 7) is 1.81. The number of nitrogens with one attached hydrogen (secondary N) is 1. The molecule has 0 aliphatic heterocycles. The van der Waals surface area contributed by atoms with Crippen LogP contribution >= 0.6 is 0 Å². The van der Waals surface area contributed by atoms with Crippen molar-refractivity contribution in [2.24, 2.45) is 0 Å². The lowest BCUT2D eigenvalue weighted by Crippen LogP contribution is -2.21. The first-order valence-corrected chi connectivity index (χ1v) is 11.7. The standard InChI is InChI=1S/C28H26N4O4/c1-19(20-6-4-3-5-7-20)36-27(34)30-26-31-29-18-32(26)24-14-10-22(11-15-24)21-8-12-23(13-9-21)28(16-17-28)25(33)35-2/h3-15,18-19H,16-17H2,1-2H3,(H,30,31,34)/t19-/m1/s1. The van der Waals surface area contributed by atoms with Crippen molar-refractivity contribution in [2.45, 2.75) is 31.3 Å². The Balaban J connectivity index is 1.27. The summed E-state index contributed by atoms with van der Waals surface area (Å²) in [6.07, 6.45) is 2.15. The summed E-state index contributed by atoms with van der Waals surface area (Å²) in [6, 6.07) is 25.3. The quantitative estimate of drug-likeness (QED) is 0.352. The molecule has 8 heteroatoms. The second kappa shape index (κ2) is 9.65. The molecule has 1 N–H and O–H groups in total. The number of ether oxygens (including phenoxy) is 2. The first kappa shape index (κ1) is 23.3. The highest BCUT2D eigenvalue weighted by atomic mass is 16.6. The molecule has 0 unspecified atom stereocenters. The number of benzene rings is 3. The monoisotopic (exact) mass is 482 g/mol. The Hall–Kier alpha value is -4.46. The summed E-state index contributed by atoms with van der Waals surface area (Å²) >= 11 is 0. The molecule has 3 aromatic carbocycles. The molecule has 4 aromatic rings. The van der Waals surface area contributed by atoms with Crippen LogP contribution in [-0.4, -0.2) is 33.9 Å². The van der Waals surface area contributed by atoms with Gasteiger partial charge in [0.25, 0.3) is 0 Å². The van der Waals surface area contributed by atoms with Gasteiger partial charge in [-0.2, -0.15) is 0 Å². The van der Waals surface area contributed by atoms with Gasteiger partial charge < -0.3 is 9.47 Å². The van der Waals surface area contributed by atoms with Gasteiger partial charge in [-0.3, -0.25) is 14.7 Å². The van der Waals surface area contributed by atoms with Gasteiger partial charge in [0.1, 0.15) is 12.4 Å². The van der Waals surface area contributed by atoms with Crippen molar-refractivity contribution in [1.29, 1.82) is 0 Å². The van der Waals surface area contributed by atoms with Crippen LogP contribution in [0.1, 0.15) is 37.0 Å². The van der Waals surface area contributed by atoms with Gasteiger partial charge in [-0.15, -0.1) is 10.2 Å². The molecular weight excluding hydrogens is 456 g/mol. The van der Waals surface area contributed by atoms with Gasteiger partial charge in [0.15, 0.2) is 0 Å². The number of hydrogen-bond acceptors (Lipinski definition) is 6. The molecular formula is C28H26N4O4. The summed E-state index contributed by atoms with van der Waals surface area (Å²) in [4.78, 5) is 24.6. The third kappa shape index (κ3) is 4.57. The molecule has 1 atom stereocenters. The normalized spacial score (nSPS) is 14.5. The molecule has 8 nitrogen and oxygen atoms in total. The highest BCUT2D eigenvalue weighted by Crippen LogP contribution is 2.49. The van der Waals surface area contributed by atoms with Crippen molar-refractivity contribution in [3.8, 4) is 16.8 Å². The Morgan fingerprint density at radius 1 is 0.944 bits per heavy atom. The molecule has 1 aliphatic rings. The lowest BCUT2D eigenvalue weighted by molar-refractivity contribution is -0.143. The highest BCUT2D eigenvalue weighted by Gasteiger charge is 2.52. The van der Waals surface area contributed by atoms with Crippen molar-refractivity contribution in [3.63, 3.8) is 0 Å². The lowest BCUT2D eigenvalue weighted by Gasteiger charge is -2.14. The van der Waals surface area contributed by atoms with Crippen LogP contribution in [0.2, 0.25) is 0 Å². The van der Waals surface area contributed by atoms with Gasteiger partial charge in [0.05, 0.1) is 18.2 Å². The van der Waals surface area contributed by atoms with E-state index in [9.17, 15) is 9.59 Å². The van der Waals surface area contributed by atoms with Crippen molar-refractivity contribution < 1.29 is 19.1 Å². The van der Waals surface area contributed by atoms with E-state index in [1.54, 1.807) is 4.57 Å². The van der Waals surface area contributed by atoms with Crippen LogP contribution in [-0.2, 0) is 19.7 Å². The lowest BCUT2D eigenvalue weighted by atomic mass is 9.94. The smallest absolute Gasteiger partial charge is 0.414 e. The summed E-state index contributed by atoms with van der Waals surface area (Å²) < 4.78 is 12.1. The molecule has 1 saturated carbocycles. The maximum Gasteiger partial charge on any atom is 0.414 e. The predicted octanol–water partition coefficient (Wildman–Crippen LogP) is 5.45. The average Bonchev–Trinajstić information content (AvgIpc) is 3.61. The SMILES string of the molecule is COC(=O)C1(c2ccc(-c3ccc(-n4cnnc4NC(=O)O[C@H](C)c4ccccc4)cc3)cc2)CC1. The van der Waals surface area contributed by atoms with Crippen LogP contribution in [0.4, 0.5) is 10.7 Å². The van der Waals surface area contributed by atoms with E-state index < -0.39 is 17.6 Å². The van der Waals surface area contributed by atoms with E-state index >= 15 is 0 Å². The Morgan fingerprint density at radius 2 is 1.58 bits per heavy atom. The van der Waals surface area contributed by atoms with Crippen LogP contribution < -0.4 is 5.32 Å². The van der Waals surface area contributed by atoms with E-state index in [2.05, 4.69) is 15.5 Å². The van der Waals surface area contributed by atoms with Gasteiger partial charge in [0.2, 0.25) is 5.95 Å². The van der Waals surface area contributed by atoms with Crippen molar-refractivity contribution in [1.82, 2.24) is 14.8 Å². The highest BCUT2D eigenvalue weighted by molar-refractivity contribution is 5.87. The average molecular weight is 483 g/mol. The van der Waals surface area contributed by atoms with Crippen LogP contribution in [0.25, 0.3) is 16.8 Å². The summed E-state index contributed by atoms with van der Waals surface area (Å²) in [5, 5.41) is 10.6. The minimum absolute atomic E-state index is 0.170. The number of methoxy groups -OCH3 is 1. The van der Waals surface area contributed by atoms with E-state index in [1.807, 2.05) is 85.8 Å². The first-order valence-electron chi connectivity index (χ1n) is 11.7. The molecule has 0 radical (unpaired) electrons. The molecule has 1 aromatic heterocycles. The first-order chi connectivity index (χ1) is 17.5. The minimum Gasteiger partial charge on any atom is -0.468 e. The van der Waals surface area contributed by atoms with E-state index in [0.29, 0.717) is 0 Å². The minimum atomic E-state index is -0.613. The number of nitrogens with zero attached hydrogens (tertiary/aromatic N) is 3. The molecule has 1 amide bonds. The molecule has 1 fully saturated rings. The number of rotatable bonds is 7. The zero-order valence-electron chi connectivity index (χ0n) is 20.0. The van der Waals surface area contributed by atoms with E-state index in [-0.39, 0.29) is 11.9 Å². The maximum atomic E-state index is 12.4. The number of anilines is 1. The molecule has 0 bridgehead atoms. The molecule has 1 heterocycles. The fourth-order valence-electron chi connectivity index (χ4n) is 4.31. The molecule has 5 rings (SSSR count). The van der Waals surface area contributed by atoms with Crippen LogP contribution in [0, 0.1) is 0 Å². The zero-order chi connectivity index (χ0) is 25.1. The van der Waals surface area contributed by atoms with Crippen molar-refractivity contribution in [3.05, 3.63) is 96.3 Å². The molecule has 0 saturated heterocycles. The third-order valence-corrected chi connectivity index (χ3v) is 6.56. The molecule has 36 heavy (non-hydrogen) atoms. The summed E-state index contributed by atoms with van der Waals surface area (Å²) in [5.41, 5.74) is 4.25. The van der Waals surface area contributed by atoms with Gasteiger partial charge in [-0.25, -0.2) is 4.79 Å². The fraction of sp³-hybridized carbons (Fsp3) is 0.214. The Labute approximate surface area is 208 Å². The predicted molar refractivity (Wildman–Crippen MR) is 135 cm³/mol. The number of carbonyl (C=O) groups excluding carboxylic acids is 2. The molecule has 0 spiro atoms. The Kier molecular flexibility index (Phi) is 6.25. The fourth-order valence-corrected chi connectivity index (χ4v) is 4.31. The van der Waals surface area contributed by atoms with E-state index in [0.717, 1.165) is 40.8 Å². The van der Waals surface area contributed by atoms with Gasteiger partial charge in [-0.1, -0.05) is 66.7 Å². The Bertz CT molecular complexity index is 1360. The zero-order valence-corrected chi connectivity index (χ0v) is 20.0. The van der Waals surface area contributed by atoms with Gasteiger partial charge >= 0.3 is 12.1 Å². The number of esters is 1. The van der Waals surface area contributed by atoms with Crippen molar-refractivity contribution in [2.75, 3.05) is 12.4 Å². The van der Waals surface area contributed by atoms with Crippen LogP contribution in [0.15, 0.2) is 85.2 Å². The summed E-state index contributed by atoms with van der Waals surface area (Å²) in [5.74, 6) is 0.0891. The number of hydrogen-bond donors (Lipinski definition) is 1. The number of aromatic nitrogens is 3. The van der Waals surface area contributed by atoms with Crippen LogP contribution in [0.3, 0.4) is 0 Å². The van der Waals surface area contributed by atoms with Gasteiger partial charge in [0, 0.05) is 0 Å².